The van der Waals surface area contributed by atoms with Gasteiger partial charge in [-0.05, 0) is 29.8 Å². The molecule has 0 saturated carbocycles. The molecule has 2 rings (SSSR count). The van der Waals surface area contributed by atoms with Gasteiger partial charge < -0.3 is 8.92 Å². The number of hydrogen-bond donors (Lipinski definition) is 0. The fourth-order valence-corrected chi connectivity index (χ4v) is 2.08. The van der Waals surface area contributed by atoms with Crippen LogP contribution in [0.1, 0.15) is 5.56 Å². The summed E-state index contributed by atoms with van der Waals surface area (Å²) in [5.41, 5.74) is 0.626. The molecule has 0 aliphatic carbocycles. The van der Waals surface area contributed by atoms with Crippen LogP contribution in [0.25, 0.3) is 0 Å². The molecule has 0 aliphatic rings. The van der Waals surface area contributed by atoms with Gasteiger partial charge in [0.05, 0.1) is 12.0 Å². The van der Waals surface area contributed by atoms with Gasteiger partial charge >= 0.3 is 10.4 Å². The monoisotopic (exact) mass is 339 g/mol. The molecule has 2 aromatic carbocycles. The van der Waals surface area contributed by atoms with E-state index >= 15 is 0 Å². The first-order valence-corrected chi connectivity index (χ1v) is 7.69. The normalized spacial score (nSPS) is 11.0. The van der Waals surface area contributed by atoms with Crippen LogP contribution in [0, 0.1) is 10.1 Å². The molecule has 2 aromatic rings. The SMILES string of the molecule is COS(=O)(=O)Oc1ccc(OCc2cccc([N+](=O)[O-])c2)cc1. The third kappa shape index (κ3) is 4.94. The fourth-order valence-electron chi connectivity index (χ4n) is 1.67. The highest BCUT2D eigenvalue weighted by Crippen LogP contribution is 2.21. The minimum atomic E-state index is -4.06. The highest BCUT2D eigenvalue weighted by atomic mass is 32.3. The maximum Gasteiger partial charge on any atom is 0.448 e. The Morgan fingerprint density at radius 2 is 1.74 bits per heavy atom. The summed E-state index contributed by atoms with van der Waals surface area (Å²) < 4.78 is 36.5. The molecule has 8 nitrogen and oxygen atoms in total. The molecule has 0 atom stereocenters. The minimum Gasteiger partial charge on any atom is -0.489 e. The van der Waals surface area contributed by atoms with Gasteiger partial charge in [0, 0.05) is 12.1 Å². The van der Waals surface area contributed by atoms with E-state index < -0.39 is 15.3 Å². The molecular formula is C14H13NO7S. The topological polar surface area (TPSA) is 105 Å². The number of rotatable bonds is 7. The summed E-state index contributed by atoms with van der Waals surface area (Å²) in [4.78, 5) is 10.2. The summed E-state index contributed by atoms with van der Waals surface area (Å²) in [6, 6.07) is 11.9. The molecule has 0 saturated heterocycles. The zero-order chi connectivity index (χ0) is 16.9. The molecule has 0 aromatic heterocycles. The lowest BCUT2D eigenvalue weighted by Crippen LogP contribution is -2.10. The predicted octanol–water partition coefficient (Wildman–Crippen LogP) is 2.44. The van der Waals surface area contributed by atoms with Gasteiger partial charge in [-0.25, -0.2) is 4.18 Å². The molecule has 0 heterocycles. The molecule has 0 N–H and O–H groups in total. The standard InChI is InChI=1S/C14H13NO7S/c1-20-23(18,19)22-14-7-5-13(6-8-14)21-10-11-3-2-4-12(9-11)15(16)17/h2-9H,10H2,1H3. The quantitative estimate of drug-likeness (QED) is 0.563. The van der Waals surface area contributed by atoms with E-state index in [0.29, 0.717) is 11.3 Å². The van der Waals surface area contributed by atoms with Crippen molar-refractivity contribution in [1.82, 2.24) is 0 Å². The van der Waals surface area contributed by atoms with E-state index in [0.717, 1.165) is 7.11 Å². The van der Waals surface area contributed by atoms with E-state index in [4.69, 9.17) is 4.74 Å². The molecule has 0 bridgehead atoms. The highest BCUT2D eigenvalue weighted by molar-refractivity contribution is 7.82. The van der Waals surface area contributed by atoms with Crippen LogP contribution in [-0.2, 0) is 21.2 Å². The Balaban J connectivity index is 1.99. The van der Waals surface area contributed by atoms with Crippen molar-refractivity contribution in [3.05, 3.63) is 64.2 Å². The molecule has 0 radical (unpaired) electrons. The molecule has 0 unspecified atom stereocenters. The van der Waals surface area contributed by atoms with Crippen molar-refractivity contribution in [2.24, 2.45) is 0 Å². The number of nitro groups is 1. The van der Waals surface area contributed by atoms with Gasteiger partial charge in [0.15, 0.2) is 0 Å². The Hall–Kier alpha value is -2.65. The van der Waals surface area contributed by atoms with E-state index in [1.54, 1.807) is 12.1 Å². The largest absolute Gasteiger partial charge is 0.489 e. The molecule has 9 heteroatoms. The van der Waals surface area contributed by atoms with Crippen molar-refractivity contribution in [3.63, 3.8) is 0 Å². The number of non-ortho nitro benzene ring substituents is 1. The van der Waals surface area contributed by atoms with Crippen molar-refractivity contribution in [3.8, 4) is 11.5 Å². The molecular weight excluding hydrogens is 326 g/mol. The van der Waals surface area contributed by atoms with Crippen LogP contribution in [0.5, 0.6) is 11.5 Å². The zero-order valence-electron chi connectivity index (χ0n) is 12.0. The Kier molecular flexibility index (Phi) is 5.14. The van der Waals surface area contributed by atoms with Gasteiger partial charge in [-0.3, -0.25) is 10.1 Å². The summed E-state index contributed by atoms with van der Waals surface area (Å²) in [6.07, 6.45) is 0. The Morgan fingerprint density at radius 3 is 2.35 bits per heavy atom. The lowest BCUT2D eigenvalue weighted by molar-refractivity contribution is -0.384. The fraction of sp³-hybridized carbons (Fsp3) is 0.143. The smallest absolute Gasteiger partial charge is 0.448 e. The van der Waals surface area contributed by atoms with Crippen LogP contribution in [0.15, 0.2) is 48.5 Å². The second kappa shape index (κ2) is 7.07. The van der Waals surface area contributed by atoms with Crippen LogP contribution in [0.3, 0.4) is 0 Å². The predicted molar refractivity (Wildman–Crippen MR) is 80.4 cm³/mol. The summed E-state index contributed by atoms with van der Waals surface area (Å²) in [5, 5.41) is 10.7. The van der Waals surface area contributed by atoms with Gasteiger partial charge in [-0.1, -0.05) is 12.1 Å². The first-order chi connectivity index (χ1) is 10.9. The third-order valence-electron chi connectivity index (χ3n) is 2.75. The van der Waals surface area contributed by atoms with Gasteiger partial charge in [-0.15, -0.1) is 0 Å². The van der Waals surface area contributed by atoms with Crippen molar-refractivity contribution in [2.45, 2.75) is 6.61 Å². The molecule has 23 heavy (non-hydrogen) atoms. The maximum absolute atomic E-state index is 11.1. The maximum atomic E-state index is 11.1. The van der Waals surface area contributed by atoms with Crippen molar-refractivity contribution < 1.29 is 26.4 Å². The lowest BCUT2D eigenvalue weighted by atomic mass is 10.2. The lowest BCUT2D eigenvalue weighted by Gasteiger charge is -2.08. The van der Waals surface area contributed by atoms with Crippen molar-refractivity contribution >= 4 is 16.1 Å². The molecule has 122 valence electrons. The van der Waals surface area contributed by atoms with Crippen LogP contribution in [0.4, 0.5) is 5.69 Å². The summed E-state index contributed by atoms with van der Waals surface area (Å²) in [6.45, 7) is 0.137. The second-order valence-electron chi connectivity index (χ2n) is 4.35. The van der Waals surface area contributed by atoms with E-state index in [1.165, 1.54) is 36.4 Å². The molecule has 0 amide bonds. The van der Waals surface area contributed by atoms with Gasteiger partial charge in [-0.2, -0.15) is 8.42 Å². The average Bonchev–Trinajstić information content (AvgIpc) is 2.54. The van der Waals surface area contributed by atoms with Crippen LogP contribution in [0.2, 0.25) is 0 Å². The minimum absolute atomic E-state index is 0.0142. The van der Waals surface area contributed by atoms with Gasteiger partial charge in [0.2, 0.25) is 0 Å². The first-order valence-electron chi connectivity index (χ1n) is 6.36. The Morgan fingerprint density at radius 1 is 1.09 bits per heavy atom. The van der Waals surface area contributed by atoms with Crippen molar-refractivity contribution in [1.29, 1.82) is 0 Å². The first kappa shape index (κ1) is 16.7. The average molecular weight is 339 g/mol. The van der Waals surface area contributed by atoms with Crippen LogP contribution >= 0.6 is 0 Å². The highest BCUT2D eigenvalue weighted by Gasteiger charge is 2.11. The number of nitrogens with zero attached hydrogens (tertiary/aromatic N) is 1. The number of hydrogen-bond acceptors (Lipinski definition) is 7. The molecule has 0 aliphatic heterocycles. The number of nitro benzene ring substituents is 1. The van der Waals surface area contributed by atoms with E-state index in [9.17, 15) is 18.5 Å². The van der Waals surface area contributed by atoms with Gasteiger partial charge in [0.1, 0.15) is 18.1 Å². The van der Waals surface area contributed by atoms with E-state index in [1.807, 2.05) is 0 Å². The van der Waals surface area contributed by atoms with Gasteiger partial charge in [0.25, 0.3) is 5.69 Å². The zero-order valence-corrected chi connectivity index (χ0v) is 12.9. The molecule has 0 fully saturated rings. The van der Waals surface area contributed by atoms with Crippen LogP contribution < -0.4 is 8.92 Å². The summed E-state index contributed by atoms with van der Waals surface area (Å²) in [5.74, 6) is 0.535. The Labute approximate surface area is 132 Å². The van der Waals surface area contributed by atoms with Crippen LogP contribution in [-0.4, -0.2) is 20.5 Å². The summed E-state index contributed by atoms with van der Waals surface area (Å²) >= 11 is 0. The van der Waals surface area contributed by atoms with E-state index in [2.05, 4.69) is 8.37 Å². The summed E-state index contributed by atoms with van der Waals surface area (Å²) in [7, 11) is -3.07. The van der Waals surface area contributed by atoms with Crippen molar-refractivity contribution in [2.75, 3.05) is 7.11 Å². The van der Waals surface area contributed by atoms with E-state index in [-0.39, 0.29) is 18.0 Å². The molecule has 0 spiro atoms. The second-order valence-corrected chi connectivity index (χ2v) is 5.66. The number of ether oxygens (including phenoxy) is 1. The Bertz CT molecular complexity index is 787. The third-order valence-corrected chi connectivity index (χ3v) is 3.56. The number of benzene rings is 2.